The SMILES string of the molecule is C1CC1NC1[C@H]2[C@H]3C[C@H]4[C@H]5C[C@H]([C@H]1[C@@H]53)[C@H]42. The van der Waals surface area contributed by atoms with E-state index >= 15 is 0 Å². The molecule has 1 unspecified atom stereocenters. The van der Waals surface area contributed by atoms with Crippen LogP contribution < -0.4 is 5.32 Å². The molecule has 0 aromatic carbocycles. The van der Waals surface area contributed by atoms with Crippen molar-refractivity contribution in [3.05, 3.63) is 0 Å². The van der Waals surface area contributed by atoms with Crippen LogP contribution in [0.2, 0.25) is 0 Å². The summed E-state index contributed by atoms with van der Waals surface area (Å²) in [6.07, 6.45) is 6.27. The van der Waals surface area contributed by atoms with Crippen molar-refractivity contribution in [1.29, 1.82) is 0 Å². The first kappa shape index (κ1) is 7.32. The molecule has 0 radical (unpaired) electrons. The Bertz CT molecular complexity index is 332. The fraction of sp³-hybridized carbons (Fsp3) is 1.00. The molecule has 7 saturated carbocycles. The molecule has 0 aromatic rings. The van der Waals surface area contributed by atoms with Gasteiger partial charge in [-0.15, -0.1) is 0 Å². The van der Waals surface area contributed by atoms with Crippen molar-refractivity contribution in [3.63, 3.8) is 0 Å². The average molecular weight is 201 g/mol. The topological polar surface area (TPSA) is 12.0 Å². The number of hydrogen-bond acceptors (Lipinski definition) is 1. The molecule has 9 atom stereocenters. The van der Waals surface area contributed by atoms with Crippen molar-refractivity contribution in [2.45, 2.75) is 37.8 Å². The summed E-state index contributed by atoms with van der Waals surface area (Å²) >= 11 is 0. The van der Waals surface area contributed by atoms with Gasteiger partial charge in [0.2, 0.25) is 0 Å². The van der Waals surface area contributed by atoms with Crippen LogP contribution in [0.25, 0.3) is 0 Å². The maximum Gasteiger partial charge on any atom is 0.0137 e. The highest BCUT2D eigenvalue weighted by atomic mass is 15.1. The van der Waals surface area contributed by atoms with Crippen molar-refractivity contribution < 1.29 is 0 Å². The van der Waals surface area contributed by atoms with Gasteiger partial charge in [-0.2, -0.15) is 0 Å². The number of hydrogen-bond donors (Lipinski definition) is 1. The molecule has 1 nitrogen and oxygen atoms in total. The summed E-state index contributed by atoms with van der Waals surface area (Å²) in [5.41, 5.74) is 0. The molecule has 6 bridgehead atoms. The Morgan fingerprint density at radius 3 is 1.80 bits per heavy atom. The maximum absolute atomic E-state index is 4.03. The molecule has 7 aliphatic rings. The highest BCUT2D eigenvalue weighted by Gasteiger charge is 2.80. The quantitative estimate of drug-likeness (QED) is 0.719. The molecule has 0 amide bonds. The van der Waals surface area contributed by atoms with Crippen LogP contribution in [0.1, 0.15) is 25.7 Å². The van der Waals surface area contributed by atoms with Gasteiger partial charge in [0.1, 0.15) is 0 Å². The molecular formula is C14H19N. The second-order valence-corrected chi connectivity index (χ2v) is 7.40. The van der Waals surface area contributed by atoms with Crippen molar-refractivity contribution in [1.82, 2.24) is 5.32 Å². The molecule has 1 N–H and O–H groups in total. The molecular weight excluding hydrogens is 182 g/mol. The zero-order chi connectivity index (χ0) is 9.31. The molecule has 80 valence electrons. The van der Waals surface area contributed by atoms with Crippen LogP contribution in [0, 0.1) is 47.3 Å². The van der Waals surface area contributed by atoms with Crippen molar-refractivity contribution in [2.24, 2.45) is 47.3 Å². The van der Waals surface area contributed by atoms with E-state index in [0.717, 1.165) is 23.9 Å². The maximum atomic E-state index is 4.03. The molecule has 7 aliphatic carbocycles. The normalized spacial score (nSPS) is 75.6. The zero-order valence-electron chi connectivity index (χ0n) is 9.10. The smallest absolute Gasteiger partial charge is 0.0137 e. The van der Waals surface area contributed by atoms with Crippen LogP contribution in [0.5, 0.6) is 0 Å². The number of nitrogens with one attached hydrogen (secondary N) is 1. The third-order valence-corrected chi connectivity index (χ3v) is 7.33. The van der Waals surface area contributed by atoms with Gasteiger partial charge in [-0.05, 0) is 73.0 Å². The van der Waals surface area contributed by atoms with Gasteiger partial charge in [0.05, 0.1) is 0 Å². The predicted molar refractivity (Wildman–Crippen MR) is 57.1 cm³/mol. The summed E-state index contributed by atoms with van der Waals surface area (Å²) in [6.45, 7) is 0. The van der Waals surface area contributed by atoms with Crippen LogP contribution in [0.3, 0.4) is 0 Å². The number of rotatable bonds is 2. The van der Waals surface area contributed by atoms with Crippen molar-refractivity contribution >= 4 is 0 Å². The lowest BCUT2D eigenvalue weighted by Gasteiger charge is -2.33. The van der Waals surface area contributed by atoms with E-state index in [1.807, 2.05) is 0 Å². The highest BCUT2D eigenvalue weighted by Crippen LogP contribution is 2.82. The Kier molecular flexibility index (Phi) is 0.936. The molecule has 0 aliphatic heterocycles. The molecule has 0 heterocycles. The Morgan fingerprint density at radius 2 is 1.27 bits per heavy atom. The Morgan fingerprint density at radius 1 is 0.667 bits per heavy atom. The van der Waals surface area contributed by atoms with Gasteiger partial charge in [0.15, 0.2) is 0 Å². The predicted octanol–water partition coefficient (Wildman–Crippen LogP) is 1.88. The van der Waals surface area contributed by atoms with E-state index in [1.165, 1.54) is 48.3 Å². The summed E-state index contributed by atoms with van der Waals surface area (Å²) < 4.78 is 0. The van der Waals surface area contributed by atoms with E-state index in [2.05, 4.69) is 5.32 Å². The van der Waals surface area contributed by atoms with Gasteiger partial charge in [0, 0.05) is 12.1 Å². The van der Waals surface area contributed by atoms with E-state index in [-0.39, 0.29) is 0 Å². The average Bonchev–Trinajstić information content (AvgIpc) is 2.56. The zero-order valence-corrected chi connectivity index (χ0v) is 9.10. The molecule has 1 heteroatoms. The van der Waals surface area contributed by atoms with Crippen LogP contribution in [0.15, 0.2) is 0 Å². The minimum atomic E-state index is 0.949. The Balaban J connectivity index is 1.50. The second-order valence-electron chi connectivity index (χ2n) is 7.40. The van der Waals surface area contributed by atoms with Crippen LogP contribution in [0.4, 0.5) is 0 Å². The van der Waals surface area contributed by atoms with E-state index in [0.29, 0.717) is 0 Å². The lowest BCUT2D eigenvalue weighted by molar-refractivity contribution is 0.132. The summed E-state index contributed by atoms with van der Waals surface area (Å²) in [7, 11) is 0. The Labute approximate surface area is 91.0 Å². The standard InChI is InChI=1S/C14H19N/c1-2-5(1)15-14-12-8-3-6-7-4-9(10(6)12)13(14)11(7)8/h5-15H,1-4H2/t6-,7+,8-,9-,10-,11-,12-,13-,14?/m0/s1. The summed E-state index contributed by atoms with van der Waals surface area (Å²) in [5, 5.41) is 4.03. The molecule has 7 fully saturated rings. The second kappa shape index (κ2) is 1.92. The first-order valence-electron chi connectivity index (χ1n) is 7.19. The van der Waals surface area contributed by atoms with Gasteiger partial charge in [-0.25, -0.2) is 0 Å². The minimum Gasteiger partial charge on any atom is -0.311 e. The minimum absolute atomic E-state index is 0.949. The van der Waals surface area contributed by atoms with Gasteiger partial charge in [-0.1, -0.05) is 0 Å². The summed E-state index contributed by atoms with van der Waals surface area (Å²) in [4.78, 5) is 0. The van der Waals surface area contributed by atoms with Gasteiger partial charge in [0.25, 0.3) is 0 Å². The third kappa shape index (κ3) is 0.574. The highest BCUT2D eigenvalue weighted by molar-refractivity contribution is 5.29. The first-order chi connectivity index (χ1) is 7.43. The fourth-order valence-electron chi connectivity index (χ4n) is 7.37. The fourth-order valence-corrected chi connectivity index (χ4v) is 7.37. The molecule has 15 heavy (non-hydrogen) atoms. The van der Waals surface area contributed by atoms with Crippen LogP contribution >= 0.6 is 0 Å². The van der Waals surface area contributed by atoms with Gasteiger partial charge in [-0.3, -0.25) is 0 Å². The molecule has 0 aromatic heterocycles. The van der Waals surface area contributed by atoms with Crippen molar-refractivity contribution in [2.75, 3.05) is 0 Å². The summed E-state index contributed by atoms with van der Waals surface area (Å²) in [5.74, 6) is 9.59. The largest absolute Gasteiger partial charge is 0.311 e. The molecule has 0 spiro atoms. The Hall–Kier alpha value is -0.0400. The van der Waals surface area contributed by atoms with E-state index < -0.39 is 0 Å². The molecule has 7 rings (SSSR count). The lowest BCUT2D eigenvalue weighted by atomic mass is 9.71. The van der Waals surface area contributed by atoms with E-state index in [1.54, 1.807) is 12.8 Å². The van der Waals surface area contributed by atoms with Crippen LogP contribution in [-0.4, -0.2) is 12.1 Å². The monoisotopic (exact) mass is 201 g/mol. The van der Waals surface area contributed by atoms with E-state index in [4.69, 9.17) is 0 Å². The first-order valence-corrected chi connectivity index (χ1v) is 7.19. The van der Waals surface area contributed by atoms with Crippen LogP contribution in [-0.2, 0) is 0 Å². The third-order valence-electron chi connectivity index (χ3n) is 7.33. The van der Waals surface area contributed by atoms with Gasteiger partial charge >= 0.3 is 0 Å². The lowest BCUT2D eigenvalue weighted by Crippen LogP contribution is -2.36. The van der Waals surface area contributed by atoms with Crippen molar-refractivity contribution in [3.8, 4) is 0 Å². The van der Waals surface area contributed by atoms with E-state index in [9.17, 15) is 0 Å². The molecule has 0 saturated heterocycles. The van der Waals surface area contributed by atoms with Gasteiger partial charge < -0.3 is 5.32 Å². The summed E-state index contributed by atoms with van der Waals surface area (Å²) in [6, 6.07) is 1.95.